The van der Waals surface area contributed by atoms with E-state index in [-0.39, 0.29) is 29.6 Å². The standard InChI is InChI=1S/C17H21FN6O2/c1-4-10(2)15-16(25)20-13-8-19-7-12(18)11(13)9-24(15)17(26)21-14-5-6-23(3)22-14/h5-8,10,15H,4,9H2,1-3H3,(H,20,25)(H,21,22,26). The van der Waals surface area contributed by atoms with E-state index in [1.807, 2.05) is 13.8 Å². The molecule has 2 N–H and O–H groups in total. The Morgan fingerprint density at radius 1 is 1.50 bits per heavy atom. The van der Waals surface area contributed by atoms with Crippen LogP contribution in [0.15, 0.2) is 24.7 Å². The molecule has 8 nitrogen and oxygen atoms in total. The van der Waals surface area contributed by atoms with Gasteiger partial charge in [0.05, 0.1) is 24.6 Å². The molecule has 3 heterocycles. The Kier molecular flexibility index (Phi) is 4.88. The molecule has 0 aromatic carbocycles. The largest absolute Gasteiger partial charge is 0.324 e. The molecule has 3 rings (SSSR count). The van der Waals surface area contributed by atoms with Crippen LogP contribution in [-0.2, 0) is 18.4 Å². The number of pyridine rings is 1. The van der Waals surface area contributed by atoms with Crippen LogP contribution in [0.5, 0.6) is 0 Å². The molecule has 2 atom stereocenters. The van der Waals surface area contributed by atoms with Gasteiger partial charge in [-0.1, -0.05) is 20.3 Å². The van der Waals surface area contributed by atoms with Crippen molar-refractivity contribution in [2.24, 2.45) is 13.0 Å². The molecule has 2 unspecified atom stereocenters. The second-order valence-corrected chi connectivity index (χ2v) is 6.40. The van der Waals surface area contributed by atoms with Crippen molar-refractivity contribution in [3.63, 3.8) is 0 Å². The summed E-state index contributed by atoms with van der Waals surface area (Å²) in [5.41, 5.74) is 0.520. The maximum atomic E-state index is 14.3. The first kappa shape index (κ1) is 17.8. The minimum Gasteiger partial charge on any atom is -0.323 e. The van der Waals surface area contributed by atoms with E-state index >= 15 is 0 Å². The highest BCUT2D eigenvalue weighted by Gasteiger charge is 2.37. The van der Waals surface area contributed by atoms with Gasteiger partial charge in [-0.3, -0.25) is 19.8 Å². The average molecular weight is 360 g/mol. The fourth-order valence-electron chi connectivity index (χ4n) is 3.00. The van der Waals surface area contributed by atoms with Crippen LogP contribution in [0.25, 0.3) is 0 Å². The van der Waals surface area contributed by atoms with E-state index in [1.54, 1.807) is 24.0 Å². The number of halogens is 1. The number of nitrogens with one attached hydrogen (secondary N) is 2. The number of hydrogen-bond donors (Lipinski definition) is 2. The molecule has 1 aliphatic heterocycles. The number of anilines is 2. The number of hydrogen-bond acceptors (Lipinski definition) is 4. The summed E-state index contributed by atoms with van der Waals surface area (Å²) in [5.74, 6) is -0.680. The van der Waals surface area contributed by atoms with Crippen LogP contribution in [-0.4, -0.2) is 37.6 Å². The van der Waals surface area contributed by atoms with Crippen LogP contribution in [0.1, 0.15) is 25.8 Å². The zero-order valence-corrected chi connectivity index (χ0v) is 14.9. The molecule has 0 saturated carbocycles. The first-order valence-corrected chi connectivity index (χ1v) is 8.41. The van der Waals surface area contributed by atoms with Crippen LogP contribution in [0.2, 0.25) is 0 Å². The van der Waals surface area contributed by atoms with Crippen molar-refractivity contribution >= 4 is 23.4 Å². The van der Waals surface area contributed by atoms with Crippen LogP contribution in [0, 0.1) is 11.7 Å². The predicted molar refractivity (Wildman–Crippen MR) is 93.8 cm³/mol. The van der Waals surface area contributed by atoms with Crippen LogP contribution >= 0.6 is 0 Å². The average Bonchev–Trinajstić information content (AvgIpc) is 2.93. The minimum atomic E-state index is -0.740. The molecule has 2 aromatic heterocycles. The van der Waals surface area contributed by atoms with Crippen molar-refractivity contribution in [2.45, 2.75) is 32.9 Å². The van der Waals surface area contributed by atoms with Crippen molar-refractivity contribution in [3.8, 4) is 0 Å². The monoisotopic (exact) mass is 360 g/mol. The molecule has 1 aliphatic rings. The fraction of sp³-hybridized carbons (Fsp3) is 0.412. The number of amides is 3. The van der Waals surface area contributed by atoms with Crippen molar-refractivity contribution < 1.29 is 14.0 Å². The third-order valence-electron chi connectivity index (χ3n) is 4.59. The molecule has 0 spiro atoms. The number of nitrogens with zero attached hydrogens (tertiary/aromatic N) is 4. The topological polar surface area (TPSA) is 92.1 Å². The van der Waals surface area contributed by atoms with Crippen LogP contribution in [0.3, 0.4) is 0 Å². The van der Waals surface area contributed by atoms with E-state index in [9.17, 15) is 14.0 Å². The van der Waals surface area contributed by atoms with Crippen molar-refractivity contribution in [3.05, 3.63) is 36.0 Å². The summed E-state index contributed by atoms with van der Waals surface area (Å²) in [6, 6.07) is 0.399. The van der Waals surface area contributed by atoms with Gasteiger partial charge in [-0.05, 0) is 5.92 Å². The lowest BCUT2D eigenvalue weighted by Gasteiger charge is -2.32. The zero-order valence-electron chi connectivity index (χ0n) is 14.9. The van der Waals surface area contributed by atoms with E-state index in [1.165, 1.54) is 11.1 Å². The number of carbonyl (C=O) groups is 2. The van der Waals surface area contributed by atoms with Gasteiger partial charge in [0.25, 0.3) is 0 Å². The lowest BCUT2D eigenvalue weighted by atomic mass is 9.97. The smallest absolute Gasteiger partial charge is 0.323 e. The second kappa shape index (κ2) is 7.11. The molecule has 26 heavy (non-hydrogen) atoms. The number of carbonyl (C=O) groups excluding carboxylic acids is 2. The SMILES string of the molecule is CCC(C)C1C(=O)Nc2cncc(F)c2CN1C(=O)Nc1ccn(C)n1. The maximum Gasteiger partial charge on any atom is 0.324 e. The highest BCUT2D eigenvalue weighted by molar-refractivity contribution is 6.00. The van der Waals surface area contributed by atoms with Gasteiger partial charge in [-0.2, -0.15) is 5.10 Å². The number of fused-ring (bicyclic) bond motifs is 1. The van der Waals surface area contributed by atoms with Crippen molar-refractivity contribution in [1.82, 2.24) is 19.7 Å². The third-order valence-corrected chi connectivity index (χ3v) is 4.59. The quantitative estimate of drug-likeness (QED) is 0.879. The number of urea groups is 1. The highest BCUT2D eigenvalue weighted by atomic mass is 19.1. The van der Waals surface area contributed by atoms with E-state index in [4.69, 9.17) is 0 Å². The summed E-state index contributed by atoms with van der Waals surface area (Å²) in [7, 11) is 1.73. The minimum absolute atomic E-state index is 0.0455. The first-order valence-electron chi connectivity index (χ1n) is 8.41. The molecular weight excluding hydrogens is 339 g/mol. The van der Waals surface area contributed by atoms with Gasteiger partial charge in [0, 0.05) is 24.9 Å². The molecule has 3 amide bonds. The molecule has 138 valence electrons. The van der Waals surface area contributed by atoms with Gasteiger partial charge < -0.3 is 10.2 Å². The Morgan fingerprint density at radius 2 is 2.27 bits per heavy atom. The normalized spacial score (nSPS) is 17.9. The van der Waals surface area contributed by atoms with Crippen LogP contribution < -0.4 is 10.6 Å². The lowest BCUT2D eigenvalue weighted by molar-refractivity contribution is -0.121. The van der Waals surface area contributed by atoms with E-state index < -0.39 is 17.9 Å². The Hall–Kier alpha value is -2.97. The third kappa shape index (κ3) is 3.37. The molecular formula is C17H21FN6O2. The molecule has 0 fully saturated rings. The van der Waals surface area contributed by atoms with E-state index in [0.717, 1.165) is 6.20 Å². The van der Waals surface area contributed by atoms with E-state index in [2.05, 4.69) is 20.7 Å². The molecule has 0 aliphatic carbocycles. The predicted octanol–water partition coefficient (Wildman–Crippen LogP) is 2.36. The Labute approximate surface area is 150 Å². The van der Waals surface area contributed by atoms with Crippen molar-refractivity contribution in [1.29, 1.82) is 0 Å². The molecule has 2 aromatic rings. The van der Waals surface area contributed by atoms with Gasteiger partial charge in [0.1, 0.15) is 11.9 Å². The molecule has 0 saturated heterocycles. The molecule has 0 radical (unpaired) electrons. The first-order chi connectivity index (χ1) is 12.4. The second-order valence-electron chi connectivity index (χ2n) is 6.40. The Bertz CT molecular complexity index is 836. The highest BCUT2D eigenvalue weighted by Crippen LogP contribution is 2.28. The lowest BCUT2D eigenvalue weighted by Crippen LogP contribution is -2.50. The van der Waals surface area contributed by atoms with Gasteiger partial charge >= 0.3 is 6.03 Å². The summed E-state index contributed by atoms with van der Waals surface area (Å²) in [6.45, 7) is 3.78. The van der Waals surface area contributed by atoms with Gasteiger partial charge in [0.2, 0.25) is 5.91 Å². The summed E-state index contributed by atoms with van der Waals surface area (Å²) < 4.78 is 15.8. The Balaban J connectivity index is 1.97. The molecule has 0 bridgehead atoms. The molecule has 9 heteroatoms. The van der Waals surface area contributed by atoms with E-state index in [0.29, 0.717) is 12.2 Å². The Morgan fingerprint density at radius 3 is 2.92 bits per heavy atom. The van der Waals surface area contributed by atoms with Crippen molar-refractivity contribution in [2.75, 3.05) is 10.6 Å². The summed E-state index contributed by atoms with van der Waals surface area (Å²) in [5, 5.41) is 9.49. The zero-order chi connectivity index (χ0) is 18.8. The summed E-state index contributed by atoms with van der Waals surface area (Å²) in [6.07, 6.45) is 4.84. The number of rotatable bonds is 3. The number of aromatic nitrogens is 3. The van der Waals surface area contributed by atoms with Gasteiger partial charge in [0.15, 0.2) is 5.82 Å². The summed E-state index contributed by atoms with van der Waals surface area (Å²) in [4.78, 5) is 30.8. The van der Waals surface area contributed by atoms with Gasteiger partial charge in [-0.25, -0.2) is 9.18 Å². The maximum absolute atomic E-state index is 14.3. The van der Waals surface area contributed by atoms with Gasteiger partial charge in [-0.15, -0.1) is 0 Å². The fourth-order valence-corrected chi connectivity index (χ4v) is 3.00. The van der Waals surface area contributed by atoms with Crippen LogP contribution in [0.4, 0.5) is 20.7 Å². The number of aryl methyl sites for hydroxylation is 1. The summed E-state index contributed by atoms with van der Waals surface area (Å²) >= 11 is 0.